The van der Waals surface area contributed by atoms with Crippen LogP contribution in [0, 0.1) is 11.3 Å². The maximum Gasteiger partial charge on any atom is 0.111 e. The molecule has 2 saturated carbocycles. The average Bonchev–Trinajstić information content (AvgIpc) is 2.54. The first-order valence-corrected chi connectivity index (χ1v) is 7.08. The van der Waals surface area contributed by atoms with Gasteiger partial charge in [0.1, 0.15) is 5.54 Å². The van der Waals surface area contributed by atoms with Crippen LogP contribution in [0.15, 0.2) is 0 Å². The lowest BCUT2D eigenvalue weighted by atomic mass is 9.74. The van der Waals surface area contributed by atoms with Gasteiger partial charge in [0, 0.05) is 25.5 Å². The first kappa shape index (κ1) is 12.9. The predicted octanol–water partition coefficient (Wildman–Crippen LogP) is 2.76. The second-order valence-corrected chi connectivity index (χ2v) is 5.51. The largest absolute Gasteiger partial charge is 0.378 e. The Kier molecular flexibility index (Phi) is 4.42. The predicted molar refractivity (Wildman–Crippen MR) is 67.6 cm³/mol. The van der Waals surface area contributed by atoms with Crippen molar-refractivity contribution in [2.24, 2.45) is 0 Å². The van der Waals surface area contributed by atoms with E-state index in [0.29, 0.717) is 12.1 Å². The highest BCUT2D eigenvalue weighted by molar-refractivity contribution is 5.17. The van der Waals surface area contributed by atoms with E-state index in [2.05, 4.69) is 11.4 Å². The minimum absolute atomic E-state index is 0.283. The molecule has 0 amide bonds. The topological polar surface area (TPSA) is 45.0 Å². The molecule has 0 unspecified atom stereocenters. The first-order chi connectivity index (χ1) is 8.28. The van der Waals surface area contributed by atoms with E-state index in [1.54, 1.807) is 0 Å². The molecule has 2 fully saturated rings. The van der Waals surface area contributed by atoms with Crippen molar-refractivity contribution in [1.29, 1.82) is 5.26 Å². The highest BCUT2D eigenvalue weighted by Crippen LogP contribution is 2.35. The first-order valence-electron chi connectivity index (χ1n) is 7.08. The second-order valence-electron chi connectivity index (χ2n) is 5.51. The molecule has 3 heteroatoms. The van der Waals surface area contributed by atoms with Gasteiger partial charge in [-0.25, -0.2) is 0 Å². The summed E-state index contributed by atoms with van der Waals surface area (Å²) >= 11 is 0. The Bertz CT molecular complexity index is 270. The highest BCUT2D eigenvalue weighted by Gasteiger charge is 2.46. The number of nitriles is 1. The van der Waals surface area contributed by atoms with Crippen molar-refractivity contribution >= 4 is 0 Å². The fourth-order valence-corrected chi connectivity index (χ4v) is 3.13. The molecule has 0 radical (unpaired) electrons. The van der Waals surface area contributed by atoms with Gasteiger partial charge in [0.15, 0.2) is 0 Å². The SMILES string of the molecule is CCOC1CC(C#N)(NC2CCCCCC2)C1. The summed E-state index contributed by atoms with van der Waals surface area (Å²) in [4.78, 5) is 0. The van der Waals surface area contributed by atoms with Crippen molar-refractivity contribution in [1.82, 2.24) is 5.32 Å². The van der Waals surface area contributed by atoms with E-state index in [1.165, 1.54) is 38.5 Å². The van der Waals surface area contributed by atoms with Gasteiger partial charge in [0.2, 0.25) is 0 Å². The van der Waals surface area contributed by atoms with E-state index in [1.807, 2.05) is 6.92 Å². The number of hydrogen-bond acceptors (Lipinski definition) is 3. The van der Waals surface area contributed by atoms with Crippen molar-refractivity contribution in [3.05, 3.63) is 0 Å². The molecule has 0 aromatic rings. The van der Waals surface area contributed by atoms with E-state index < -0.39 is 0 Å². The van der Waals surface area contributed by atoms with Gasteiger partial charge in [-0.2, -0.15) is 5.26 Å². The summed E-state index contributed by atoms with van der Waals surface area (Å²) in [6.45, 7) is 2.78. The minimum atomic E-state index is -0.283. The fourth-order valence-electron chi connectivity index (χ4n) is 3.13. The number of hydrogen-bond donors (Lipinski definition) is 1. The quantitative estimate of drug-likeness (QED) is 0.763. The zero-order chi connectivity index (χ0) is 12.1. The molecule has 2 aliphatic carbocycles. The molecule has 1 N–H and O–H groups in total. The summed E-state index contributed by atoms with van der Waals surface area (Å²) in [6.07, 6.45) is 9.87. The number of nitrogens with one attached hydrogen (secondary N) is 1. The van der Waals surface area contributed by atoms with Crippen LogP contribution in [0.2, 0.25) is 0 Å². The van der Waals surface area contributed by atoms with Crippen molar-refractivity contribution in [2.45, 2.75) is 76.0 Å². The molecule has 2 aliphatic rings. The lowest BCUT2D eigenvalue weighted by molar-refractivity contribution is -0.0351. The van der Waals surface area contributed by atoms with Crippen LogP contribution >= 0.6 is 0 Å². The molecule has 0 saturated heterocycles. The molecule has 0 bridgehead atoms. The summed E-state index contributed by atoms with van der Waals surface area (Å²) in [5.41, 5.74) is -0.283. The lowest BCUT2D eigenvalue weighted by Gasteiger charge is -2.44. The molecular weight excluding hydrogens is 212 g/mol. The fraction of sp³-hybridized carbons (Fsp3) is 0.929. The lowest BCUT2D eigenvalue weighted by Crippen LogP contribution is -2.60. The smallest absolute Gasteiger partial charge is 0.111 e. The number of ether oxygens (including phenoxy) is 1. The van der Waals surface area contributed by atoms with Gasteiger partial charge in [0.25, 0.3) is 0 Å². The molecule has 0 aromatic carbocycles. The molecule has 2 rings (SSSR count). The van der Waals surface area contributed by atoms with Crippen LogP contribution in [0.3, 0.4) is 0 Å². The van der Waals surface area contributed by atoms with Gasteiger partial charge in [-0.15, -0.1) is 0 Å². The highest BCUT2D eigenvalue weighted by atomic mass is 16.5. The van der Waals surface area contributed by atoms with Crippen LogP contribution in [0.25, 0.3) is 0 Å². The van der Waals surface area contributed by atoms with Gasteiger partial charge in [0.05, 0.1) is 12.2 Å². The zero-order valence-electron chi connectivity index (χ0n) is 10.9. The van der Waals surface area contributed by atoms with Crippen LogP contribution < -0.4 is 5.32 Å². The maximum atomic E-state index is 9.36. The summed E-state index contributed by atoms with van der Waals surface area (Å²) < 4.78 is 5.56. The third kappa shape index (κ3) is 3.20. The number of nitrogens with zero attached hydrogens (tertiary/aromatic N) is 1. The summed E-state index contributed by atoms with van der Waals surface area (Å²) in [6, 6.07) is 3.04. The van der Waals surface area contributed by atoms with Crippen LogP contribution in [0.5, 0.6) is 0 Å². The molecule has 3 nitrogen and oxygen atoms in total. The molecule has 96 valence electrons. The molecule has 0 atom stereocenters. The van der Waals surface area contributed by atoms with Gasteiger partial charge < -0.3 is 4.74 Å². The van der Waals surface area contributed by atoms with Gasteiger partial charge in [-0.05, 0) is 19.8 Å². The summed E-state index contributed by atoms with van der Waals surface area (Å²) in [5.74, 6) is 0. The molecule has 0 aliphatic heterocycles. The molecule has 17 heavy (non-hydrogen) atoms. The Hall–Kier alpha value is -0.590. The van der Waals surface area contributed by atoms with Gasteiger partial charge in [-0.1, -0.05) is 25.7 Å². The summed E-state index contributed by atoms with van der Waals surface area (Å²) in [7, 11) is 0. The monoisotopic (exact) mass is 236 g/mol. The Morgan fingerprint density at radius 3 is 2.41 bits per heavy atom. The van der Waals surface area contributed by atoms with Gasteiger partial charge >= 0.3 is 0 Å². The van der Waals surface area contributed by atoms with Crippen LogP contribution in [0.4, 0.5) is 0 Å². The average molecular weight is 236 g/mol. The Balaban J connectivity index is 1.82. The van der Waals surface area contributed by atoms with E-state index in [0.717, 1.165) is 19.4 Å². The normalized spacial score (nSPS) is 34.7. The molecule has 0 spiro atoms. The second kappa shape index (κ2) is 5.84. The van der Waals surface area contributed by atoms with Crippen molar-refractivity contribution in [2.75, 3.05) is 6.61 Å². The third-order valence-corrected chi connectivity index (χ3v) is 4.10. The standard InChI is InChI=1S/C14H24N2O/c1-2-17-13-9-14(10-13,11-15)16-12-7-5-3-4-6-8-12/h12-13,16H,2-10H2,1H3. The van der Waals surface area contributed by atoms with E-state index >= 15 is 0 Å². The molecular formula is C14H24N2O. The third-order valence-electron chi connectivity index (χ3n) is 4.10. The van der Waals surface area contributed by atoms with Crippen molar-refractivity contribution < 1.29 is 4.74 Å². The van der Waals surface area contributed by atoms with Crippen LogP contribution in [-0.2, 0) is 4.74 Å². The van der Waals surface area contributed by atoms with E-state index in [9.17, 15) is 5.26 Å². The maximum absolute atomic E-state index is 9.36. The molecule has 0 heterocycles. The van der Waals surface area contributed by atoms with Crippen molar-refractivity contribution in [3.8, 4) is 6.07 Å². The Morgan fingerprint density at radius 1 is 1.24 bits per heavy atom. The number of rotatable bonds is 4. The molecule has 0 aromatic heterocycles. The zero-order valence-corrected chi connectivity index (χ0v) is 10.9. The van der Waals surface area contributed by atoms with Crippen LogP contribution in [0.1, 0.15) is 58.3 Å². The minimum Gasteiger partial charge on any atom is -0.378 e. The van der Waals surface area contributed by atoms with Crippen LogP contribution in [-0.4, -0.2) is 24.3 Å². The Labute approximate surface area is 105 Å². The van der Waals surface area contributed by atoms with Gasteiger partial charge in [-0.3, -0.25) is 5.32 Å². The summed E-state index contributed by atoms with van der Waals surface area (Å²) in [5, 5.41) is 13.0. The van der Waals surface area contributed by atoms with Crippen molar-refractivity contribution in [3.63, 3.8) is 0 Å². The Morgan fingerprint density at radius 2 is 1.88 bits per heavy atom. The van der Waals surface area contributed by atoms with E-state index in [-0.39, 0.29) is 5.54 Å². The van der Waals surface area contributed by atoms with E-state index in [4.69, 9.17) is 4.74 Å².